The smallest absolute Gasteiger partial charge is 0.275 e. The highest BCUT2D eigenvalue weighted by molar-refractivity contribution is 5.96. The molecule has 1 aromatic heterocycles. The van der Waals surface area contributed by atoms with E-state index in [0.717, 1.165) is 18.5 Å². The minimum atomic E-state index is -0.359. The van der Waals surface area contributed by atoms with Gasteiger partial charge in [0.15, 0.2) is 5.69 Å². The van der Waals surface area contributed by atoms with Crippen LogP contribution in [0.2, 0.25) is 0 Å². The van der Waals surface area contributed by atoms with Gasteiger partial charge in [0.2, 0.25) is 5.91 Å². The van der Waals surface area contributed by atoms with Gasteiger partial charge in [0.05, 0.1) is 5.54 Å². The van der Waals surface area contributed by atoms with E-state index < -0.39 is 0 Å². The number of nitrogens with zero attached hydrogens (tertiary/aromatic N) is 4. The van der Waals surface area contributed by atoms with E-state index in [1.54, 1.807) is 23.9 Å². The number of aromatic nitrogens is 2. The molecule has 2 rings (SSSR count). The van der Waals surface area contributed by atoms with Crippen LogP contribution in [0.3, 0.4) is 0 Å². The lowest BCUT2D eigenvalue weighted by molar-refractivity contribution is -0.132. The summed E-state index contributed by atoms with van der Waals surface area (Å²) in [5, 5.41) is 4.46. The van der Waals surface area contributed by atoms with Gasteiger partial charge in [0.25, 0.3) is 5.91 Å². The SMILES string of the molecule is Cc1cc(C(=O)N2CCCC2C(=O)N(C)C)nn1C(C)(C)C. The lowest BCUT2D eigenvalue weighted by atomic mass is 10.1. The third-order valence-corrected chi connectivity index (χ3v) is 3.98. The Morgan fingerprint density at radius 2 is 1.95 bits per heavy atom. The standard InChI is InChI=1S/C16H26N4O2/c1-11-10-12(17-20(11)16(2,3)4)14(21)19-9-7-8-13(19)15(22)18(5)6/h10,13H,7-9H2,1-6H3. The molecule has 0 bridgehead atoms. The average molecular weight is 306 g/mol. The number of hydrogen-bond acceptors (Lipinski definition) is 3. The molecule has 0 aliphatic carbocycles. The molecule has 0 radical (unpaired) electrons. The normalized spacial score (nSPS) is 18.6. The molecule has 0 N–H and O–H groups in total. The van der Waals surface area contributed by atoms with Crippen molar-refractivity contribution in [2.75, 3.05) is 20.6 Å². The number of carbonyl (C=O) groups is 2. The molecule has 0 saturated carbocycles. The monoisotopic (exact) mass is 306 g/mol. The van der Waals surface area contributed by atoms with Gasteiger partial charge >= 0.3 is 0 Å². The first-order valence-corrected chi connectivity index (χ1v) is 7.72. The first-order chi connectivity index (χ1) is 10.1. The number of likely N-dealkylation sites (tertiary alicyclic amines) is 1. The molecule has 1 atom stereocenters. The number of amides is 2. The summed E-state index contributed by atoms with van der Waals surface area (Å²) in [6.07, 6.45) is 1.58. The van der Waals surface area contributed by atoms with Crippen molar-refractivity contribution in [3.63, 3.8) is 0 Å². The molecule has 122 valence electrons. The highest BCUT2D eigenvalue weighted by Crippen LogP contribution is 2.23. The Labute approximate surface area is 132 Å². The number of aryl methyl sites for hydroxylation is 1. The Balaban J connectivity index is 2.26. The second-order valence-corrected chi connectivity index (χ2v) is 7.14. The van der Waals surface area contributed by atoms with Crippen LogP contribution in [0.1, 0.15) is 49.8 Å². The van der Waals surface area contributed by atoms with Crippen LogP contribution in [-0.4, -0.2) is 58.1 Å². The quantitative estimate of drug-likeness (QED) is 0.834. The summed E-state index contributed by atoms with van der Waals surface area (Å²) in [6, 6.07) is 1.45. The van der Waals surface area contributed by atoms with Crippen LogP contribution in [0, 0.1) is 6.92 Å². The molecule has 1 unspecified atom stereocenters. The maximum absolute atomic E-state index is 12.8. The van der Waals surface area contributed by atoms with E-state index in [4.69, 9.17) is 0 Å². The minimum absolute atomic E-state index is 0.0159. The van der Waals surface area contributed by atoms with E-state index in [1.165, 1.54) is 0 Å². The van der Waals surface area contributed by atoms with Crippen LogP contribution in [0.25, 0.3) is 0 Å². The lowest BCUT2D eigenvalue weighted by Gasteiger charge is -2.25. The van der Waals surface area contributed by atoms with Gasteiger partial charge in [-0.25, -0.2) is 0 Å². The molecule has 1 fully saturated rings. The van der Waals surface area contributed by atoms with Crippen molar-refractivity contribution in [3.05, 3.63) is 17.5 Å². The molecule has 6 nitrogen and oxygen atoms in total. The Bertz CT molecular complexity index is 583. The predicted octanol–water partition coefficient (Wildman–Crippen LogP) is 1.64. The molecular formula is C16H26N4O2. The van der Waals surface area contributed by atoms with Crippen molar-refractivity contribution in [2.24, 2.45) is 0 Å². The molecule has 1 aliphatic heterocycles. The zero-order valence-electron chi connectivity index (χ0n) is 14.4. The van der Waals surface area contributed by atoms with Crippen molar-refractivity contribution in [1.82, 2.24) is 19.6 Å². The highest BCUT2D eigenvalue weighted by atomic mass is 16.2. The van der Waals surface area contributed by atoms with E-state index in [-0.39, 0.29) is 23.4 Å². The predicted molar refractivity (Wildman–Crippen MR) is 84.7 cm³/mol. The molecule has 0 aromatic carbocycles. The van der Waals surface area contributed by atoms with E-state index in [2.05, 4.69) is 25.9 Å². The second-order valence-electron chi connectivity index (χ2n) is 7.14. The van der Waals surface area contributed by atoms with E-state index in [1.807, 2.05) is 17.7 Å². The number of likely N-dealkylation sites (N-methyl/N-ethyl adjacent to an activating group) is 1. The summed E-state index contributed by atoms with van der Waals surface area (Å²) in [5.74, 6) is -0.165. The number of carbonyl (C=O) groups excluding carboxylic acids is 2. The van der Waals surface area contributed by atoms with Gasteiger partial charge in [-0.15, -0.1) is 0 Å². The Kier molecular flexibility index (Phi) is 4.31. The Hall–Kier alpha value is -1.85. The van der Waals surface area contributed by atoms with Gasteiger partial charge < -0.3 is 9.80 Å². The first kappa shape index (κ1) is 16.5. The molecule has 2 heterocycles. The van der Waals surface area contributed by atoms with Gasteiger partial charge in [-0.3, -0.25) is 14.3 Å². The summed E-state index contributed by atoms with van der Waals surface area (Å²) in [5.41, 5.74) is 1.20. The molecular weight excluding hydrogens is 280 g/mol. The van der Waals surface area contributed by atoms with Crippen LogP contribution in [-0.2, 0) is 10.3 Å². The third-order valence-electron chi connectivity index (χ3n) is 3.98. The third kappa shape index (κ3) is 3.00. The molecule has 22 heavy (non-hydrogen) atoms. The van der Waals surface area contributed by atoms with Crippen molar-refractivity contribution >= 4 is 11.8 Å². The summed E-state index contributed by atoms with van der Waals surface area (Å²) >= 11 is 0. The van der Waals surface area contributed by atoms with Gasteiger partial charge in [-0.2, -0.15) is 5.10 Å². The zero-order valence-corrected chi connectivity index (χ0v) is 14.4. The number of hydrogen-bond donors (Lipinski definition) is 0. The summed E-state index contributed by atoms with van der Waals surface area (Å²) in [7, 11) is 3.45. The first-order valence-electron chi connectivity index (χ1n) is 7.72. The fourth-order valence-electron chi connectivity index (χ4n) is 2.97. The van der Waals surface area contributed by atoms with Crippen LogP contribution < -0.4 is 0 Å². The maximum Gasteiger partial charge on any atom is 0.275 e. The molecule has 1 aliphatic rings. The zero-order chi connectivity index (χ0) is 16.7. The summed E-state index contributed by atoms with van der Waals surface area (Å²) in [4.78, 5) is 28.2. The van der Waals surface area contributed by atoms with E-state index >= 15 is 0 Å². The molecule has 2 amide bonds. The molecule has 0 spiro atoms. The van der Waals surface area contributed by atoms with Gasteiger partial charge in [0, 0.05) is 26.3 Å². The molecule has 6 heteroatoms. The van der Waals surface area contributed by atoms with Crippen molar-refractivity contribution in [3.8, 4) is 0 Å². The highest BCUT2D eigenvalue weighted by Gasteiger charge is 2.36. The summed E-state index contributed by atoms with van der Waals surface area (Å²) < 4.78 is 1.86. The summed E-state index contributed by atoms with van der Waals surface area (Å²) in [6.45, 7) is 8.71. The lowest BCUT2D eigenvalue weighted by Crippen LogP contribution is -2.45. The van der Waals surface area contributed by atoms with Crippen LogP contribution >= 0.6 is 0 Å². The van der Waals surface area contributed by atoms with E-state index in [0.29, 0.717) is 12.2 Å². The fourth-order valence-corrected chi connectivity index (χ4v) is 2.97. The maximum atomic E-state index is 12.8. The van der Waals surface area contributed by atoms with Crippen molar-refractivity contribution in [2.45, 2.75) is 52.1 Å². The van der Waals surface area contributed by atoms with Crippen molar-refractivity contribution in [1.29, 1.82) is 0 Å². The van der Waals surface area contributed by atoms with Gasteiger partial charge in [0.1, 0.15) is 6.04 Å². The molecule has 1 aromatic rings. The van der Waals surface area contributed by atoms with Gasteiger partial charge in [-0.05, 0) is 46.6 Å². The van der Waals surface area contributed by atoms with Gasteiger partial charge in [-0.1, -0.05) is 0 Å². The van der Waals surface area contributed by atoms with E-state index in [9.17, 15) is 9.59 Å². The topological polar surface area (TPSA) is 58.4 Å². The molecule has 1 saturated heterocycles. The largest absolute Gasteiger partial charge is 0.347 e. The van der Waals surface area contributed by atoms with Crippen LogP contribution in [0.15, 0.2) is 6.07 Å². The Morgan fingerprint density at radius 1 is 1.32 bits per heavy atom. The van der Waals surface area contributed by atoms with Crippen LogP contribution in [0.4, 0.5) is 0 Å². The number of rotatable bonds is 2. The average Bonchev–Trinajstić information content (AvgIpc) is 3.02. The van der Waals surface area contributed by atoms with Crippen molar-refractivity contribution < 1.29 is 9.59 Å². The second kappa shape index (κ2) is 5.74. The van der Waals surface area contributed by atoms with Crippen LogP contribution in [0.5, 0.6) is 0 Å². The minimum Gasteiger partial charge on any atom is -0.347 e. The fraction of sp³-hybridized carbons (Fsp3) is 0.688. The Morgan fingerprint density at radius 3 is 2.45 bits per heavy atom.